The Morgan fingerprint density at radius 2 is 2.05 bits per heavy atom. The Bertz CT molecular complexity index is 467. The molecular formula is C17H26N2O2. The van der Waals surface area contributed by atoms with Gasteiger partial charge in [0.15, 0.2) is 0 Å². The van der Waals surface area contributed by atoms with Crippen molar-refractivity contribution in [3.8, 4) is 0 Å². The van der Waals surface area contributed by atoms with Crippen LogP contribution in [0.5, 0.6) is 0 Å². The number of amides is 1. The van der Waals surface area contributed by atoms with Gasteiger partial charge in [-0.25, -0.2) is 4.79 Å². The average molecular weight is 290 g/mol. The highest BCUT2D eigenvalue weighted by atomic mass is 16.6. The largest absolute Gasteiger partial charge is 0.444 e. The maximum atomic E-state index is 11.7. The molecule has 116 valence electrons. The van der Waals surface area contributed by atoms with Crippen LogP contribution in [0, 0.1) is 0 Å². The molecule has 1 aromatic rings. The summed E-state index contributed by atoms with van der Waals surface area (Å²) >= 11 is 0. The summed E-state index contributed by atoms with van der Waals surface area (Å²) < 4.78 is 5.27. The van der Waals surface area contributed by atoms with E-state index in [2.05, 4.69) is 41.4 Å². The first kappa shape index (κ1) is 15.8. The summed E-state index contributed by atoms with van der Waals surface area (Å²) in [5.74, 6) is 0. The quantitative estimate of drug-likeness (QED) is 0.924. The van der Waals surface area contributed by atoms with Crippen molar-refractivity contribution in [2.24, 2.45) is 0 Å². The monoisotopic (exact) mass is 290 g/mol. The van der Waals surface area contributed by atoms with Crippen molar-refractivity contribution in [1.29, 1.82) is 0 Å². The summed E-state index contributed by atoms with van der Waals surface area (Å²) in [5, 5.41) is 2.87. The lowest BCUT2D eigenvalue weighted by Crippen LogP contribution is -2.54. The molecule has 0 spiro atoms. The number of nitrogens with zero attached hydrogens (tertiary/aromatic N) is 1. The molecular weight excluding hydrogens is 264 g/mol. The Morgan fingerprint density at radius 3 is 2.57 bits per heavy atom. The predicted molar refractivity (Wildman–Crippen MR) is 84.2 cm³/mol. The molecule has 1 saturated heterocycles. The summed E-state index contributed by atoms with van der Waals surface area (Å²) in [6.45, 7) is 9.57. The Labute approximate surface area is 127 Å². The van der Waals surface area contributed by atoms with Crippen molar-refractivity contribution >= 4 is 6.09 Å². The van der Waals surface area contributed by atoms with Crippen LogP contribution in [-0.4, -0.2) is 35.7 Å². The number of hydrogen-bond donors (Lipinski definition) is 1. The minimum atomic E-state index is -0.444. The highest BCUT2D eigenvalue weighted by Gasteiger charge is 2.32. The number of carbonyl (C=O) groups is 1. The second-order valence-corrected chi connectivity index (χ2v) is 6.65. The molecule has 0 bridgehead atoms. The lowest BCUT2D eigenvalue weighted by atomic mass is 9.96. The zero-order valence-corrected chi connectivity index (χ0v) is 13.4. The molecule has 1 fully saturated rings. The van der Waals surface area contributed by atoms with Crippen LogP contribution in [0.25, 0.3) is 0 Å². The second kappa shape index (κ2) is 6.48. The molecule has 4 heteroatoms. The first-order valence-corrected chi connectivity index (χ1v) is 7.64. The molecule has 2 rings (SSSR count). The zero-order chi connectivity index (χ0) is 15.5. The molecule has 0 radical (unpaired) electrons. The third-order valence-corrected chi connectivity index (χ3v) is 3.85. The van der Waals surface area contributed by atoms with E-state index in [-0.39, 0.29) is 6.09 Å². The average Bonchev–Trinajstić information content (AvgIpc) is 2.36. The number of benzene rings is 1. The van der Waals surface area contributed by atoms with Crippen LogP contribution in [0.1, 0.15) is 45.7 Å². The fourth-order valence-corrected chi connectivity index (χ4v) is 2.63. The van der Waals surface area contributed by atoms with Gasteiger partial charge in [0.2, 0.25) is 0 Å². The fraction of sp³-hybridized carbons (Fsp3) is 0.588. The molecule has 1 aromatic carbocycles. The van der Waals surface area contributed by atoms with E-state index >= 15 is 0 Å². The lowest BCUT2D eigenvalue weighted by Gasteiger charge is -2.45. The second-order valence-electron chi connectivity index (χ2n) is 6.65. The molecule has 0 aliphatic carbocycles. The Morgan fingerprint density at radius 1 is 1.38 bits per heavy atom. The Balaban J connectivity index is 1.82. The van der Waals surface area contributed by atoms with Crippen molar-refractivity contribution in [2.45, 2.75) is 51.8 Å². The third kappa shape index (κ3) is 4.46. The van der Waals surface area contributed by atoms with E-state index in [0.717, 1.165) is 13.0 Å². The minimum absolute atomic E-state index is 0.332. The van der Waals surface area contributed by atoms with Crippen LogP contribution in [0.4, 0.5) is 4.79 Å². The van der Waals surface area contributed by atoms with Gasteiger partial charge in [-0.3, -0.25) is 4.90 Å². The van der Waals surface area contributed by atoms with Gasteiger partial charge in [-0.1, -0.05) is 30.3 Å². The van der Waals surface area contributed by atoms with E-state index in [1.54, 1.807) is 0 Å². The molecule has 21 heavy (non-hydrogen) atoms. The van der Waals surface area contributed by atoms with Crippen molar-refractivity contribution < 1.29 is 9.53 Å². The predicted octanol–water partition coefficient (Wildman–Crippen LogP) is 3.35. The molecule has 2 atom stereocenters. The summed E-state index contributed by atoms with van der Waals surface area (Å²) in [7, 11) is 0. The Hall–Kier alpha value is -1.55. The van der Waals surface area contributed by atoms with E-state index in [1.807, 2.05) is 26.8 Å². The highest BCUT2D eigenvalue weighted by Crippen LogP contribution is 2.29. The van der Waals surface area contributed by atoms with Gasteiger partial charge < -0.3 is 10.1 Å². The minimum Gasteiger partial charge on any atom is -0.444 e. The van der Waals surface area contributed by atoms with Gasteiger partial charge in [0.05, 0.1) is 0 Å². The molecule has 0 saturated carbocycles. The molecule has 0 aromatic heterocycles. The van der Waals surface area contributed by atoms with Crippen molar-refractivity contribution in [3.05, 3.63) is 35.9 Å². The van der Waals surface area contributed by atoms with Gasteiger partial charge >= 0.3 is 6.09 Å². The van der Waals surface area contributed by atoms with E-state index < -0.39 is 5.60 Å². The summed E-state index contributed by atoms with van der Waals surface area (Å²) in [6.07, 6.45) is 0.786. The zero-order valence-electron chi connectivity index (χ0n) is 13.4. The Kier molecular flexibility index (Phi) is 4.88. The SMILES string of the molecule is C[C@@H](c1ccccc1)N1CC[C@@H]1CNC(=O)OC(C)(C)C. The topological polar surface area (TPSA) is 41.6 Å². The van der Waals surface area contributed by atoms with Crippen LogP contribution in [0.15, 0.2) is 30.3 Å². The maximum absolute atomic E-state index is 11.7. The van der Waals surface area contributed by atoms with Crippen molar-refractivity contribution in [3.63, 3.8) is 0 Å². The molecule has 1 N–H and O–H groups in total. The van der Waals surface area contributed by atoms with E-state index in [9.17, 15) is 4.79 Å². The van der Waals surface area contributed by atoms with Gasteiger partial charge in [0.25, 0.3) is 0 Å². The number of ether oxygens (including phenoxy) is 1. The number of nitrogens with one attached hydrogen (secondary N) is 1. The molecule has 1 aliphatic rings. The van der Waals surface area contributed by atoms with Gasteiger partial charge in [-0.2, -0.15) is 0 Å². The van der Waals surface area contributed by atoms with Gasteiger partial charge in [0, 0.05) is 25.2 Å². The van der Waals surface area contributed by atoms with Crippen LogP contribution >= 0.6 is 0 Å². The van der Waals surface area contributed by atoms with E-state index in [1.165, 1.54) is 5.56 Å². The fourth-order valence-electron chi connectivity index (χ4n) is 2.63. The molecule has 0 unspecified atom stereocenters. The van der Waals surface area contributed by atoms with Crippen LogP contribution in [0.3, 0.4) is 0 Å². The molecule has 4 nitrogen and oxygen atoms in total. The lowest BCUT2D eigenvalue weighted by molar-refractivity contribution is 0.0327. The number of carbonyl (C=O) groups excluding carboxylic acids is 1. The summed E-state index contributed by atoms with van der Waals surface area (Å²) in [5.41, 5.74) is 0.875. The number of likely N-dealkylation sites (tertiary alicyclic amines) is 1. The van der Waals surface area contributed by atoms with Crippen LogP contribution in [-0.2, 0) is 4.74 Å². The van der Waals surface area contributed by atoms with Gasteiger partial charge in [-0.15, -0.1) is 0 Å². The van der Waals surface area contributed by atoms with E-state index in [0.29, 0.717) is 18.6 Å². The standard InChI is InChI=1S/C17H26N2O2/c1-13(14-8-6-5-7-9-14)19-11-10-15(19)12-18-16(20)21-17(2,3)4/h5-9,13,15H,10-12H2,1-4H3,(H,18,20)/t13-,15+/m0/s1. The van der Waals surface area contributed by atoms with Crippen molar-refractivity contribution in [1.82, 2.24) is 10.2 Å². The molecule has 1 amide bonds. The van der Waals surface area contributed by atoms with Gasteiger partial charge in [0.1, 0.15) is 5.60 Å². The molecule has 1 aliphatic heterocycles. The maximum Gasteiger partial charge on any atom is 0.407 e. The number of alkyl carbamates (subject to hydrolysis) is 1. The normalized spacial score (nSPS) is 20.5. The number of hydrogen-bond acceptors (Lipinski definition) is 3. The number of rotatable bonds is 4. The van der Waals surface area contributed by atoms with Gasteiger partial charge in [-0.05, 0) is 39.7 Å². The van der Waals surface area contributed by atoms with Crippen LogP contribution < -0.4 is 5.32 Å². The first-order valence-electron chi connectivity index (χ1n) is 7.64. The summed E-state index contributed by atoms with van der Waals surface area (Å²) in [6, 6.07) is 11.3. The van der Waals surface area contributed by atoms with E-state index in [4.69, 9.17) is 4.74 Å². The highest BCUT2D eigenvalue weighted by molar-refractivity contribution is 5.67. The summed E-state index contributed by atoms with van der Waals surface area (Å²) in [4.78, 5) is 14.1. The van der Waals surface area contributed by atoms with Crippen molar-refractivity contribution in [2.75, 3.05) is 13.1 Å². The molecule has 1 heterocycles. The van der Waals surface area contributed by atoms with Crippen LogP contribution in [0.2, 0.25) is 0 Å². The first-order chi connectivity index (χ1) is 9.87. The smallest absolute Gasteiger partial charge is 0.407 e. The third-order valence-electron chi connectivity index (χ3n) is 3.85.